The average Bonchev–Trinajstić information content (AvgIpc) is 3.05. The quantitative estimate of drug-likeness (QED) is 0.0891. The molecule has 0 spiro atoms. The number of aryl methyl sites for hydroxylation is 1. The number of rotatable bonds is 13. The molecular formula is C39H30F10O2. The Hall–Kier alpha value is -5.00. The smallest absolute Gasteiger partial charge is 0.429 e. The van der Waals surface area contributed by atoms with Crippen LogP contribution in [0.1, 0.15) is 50.2 Å². The van der Waals surface area contributed by atoms with E-state index in [0.717, 1.165) is 49.4 Å². The largest absolute Gasteiger partial charge is 0.573 e. The highest BCUT2D eigenvalue weighted by Crippen LogP contribution is 2.39. The van der Waals surface area contributed by atoms with Crippen LogP contribution in [0.4, 0.5) is 43.9 Å². The summed E-state index contributed by atoms with van der Waals surface area (Å²) >= 11 is 0. The van der Waals surface area contributed by atoms with Crippen LogP contribution in [-0.4, -0.2) is 6.36 Å². The van der Waals surface area contributed by atoms with Gasteiger partial charge < -0.3 is 9.47 Å². The Kier molecular flexibility index (Phi) is 11.3. The van der Waals surface area contributed by atoms with Crippen molar-refractivity contribution in [3.05, 3.63) is 131 Å². The predicted molar refractivity (Wildman–Crippen MR) is 173 cm³/mol. The van der Waals surface area contributed by atoms with Crippen molar-refractivity contribution in [2.45, 2.75) is 57.9 Å². The lowest BCUT2D eigenvalue weighted by Gasteiger charge is -2.20. The first kappa shape index (κ1) is 37.3. The Morgan fingerprint density at radius 2 is 1.04 bits per heavy atom. The topological polar surface area (TPSA) is 18.5 Å². The van der Waals surface area contributed by atoms with Gasteiger partial charge in [-0.05, 0) is 83.1 Å². The molecule has 0 bridgehead atoms. The van der Waals surface area contributed by atoms with Gasteiger partial charge in [-0.15, -0.1) is 13.2 Å². The standard InChI is InChI=1S/C39H30F10O2/c1-2-3-4-5-6-7-23-8-10-24(11-9-23)25-12-15-30(31(40)18-25)27-20-34(43)37(35(44)21-27)38(45,46)50-28-14-16-29(32(41)22-28)26-13-17-36(33(42)19-26)51-39(47,48)49/h8-22H,2-7H2,1H3. The van der Waals surface area contributed by atoms with Crippen molar-refractivity contribution in [1.29, 1.82) is 0 Å². The van der Waals surface area contributed by atoms with Crippen molar-refractivity contribution in [3.8, 4) is 44.9 Å². The Labute approximate surface area is 287 Å². The summed E-state index contributed by atoms with van der Waals surface area (Å²) in [5.41, 5.74) is -0.755. The fourth-order valence-corrected chi connectivity index (χ4v) is 5.60. The van der Waals surface area contributed by atoms with Gasteiger partial charge >= 0.3 is 12.5 Å². The van der Waals surface area contributed by atoms with E-state index in [9.17, 15) is 22.0 Å². The maximum atomic E-state index is 15.2. The lowest BCUT2D eigenvalue weighted by Crippen LogP contribution is -2.25. The molecule has 0 N–H and O–H groups in total. The Balaban J connectivity index is 1.30. The fraction of sp³-hybridized carbons (Fsp3) is 0.231. The molecule has 0 aliphatic carbocycles. The van der Waals surface area contributed by atoms with E-state index in [2.05, 4.69) is 16.4 Å². The lowest BCUT2D eigenvalue weighted by atomic mass is 9.97. The summed E-state index contributed by atoms with van der Waals surface area (Å²) in [6.07, 6.45) is -3.19. The van der Waals surface area contributed by atoms with E-state index in [1.165, 1.54) is 31.0 Å². The van der Waals surface area contributed by atoms with E-state index in [4.69, 9.17) is 0 Å². The summed E-state index contributed by atoms with van der Waals surface area (Å²) in [7, 11) is 0. The monoisotopic (exact) mass is 720 g/mol. The molecule has 0 heterocycles. The first-order chi connectivity index (χ1) is 24.1. The highest BCUT2D eigenvalue weighted by molar-refractivity contribution is 5.72. The third-order valence-electron chi connectivity index (χ3n) is 8.12. The zero-order valence-corrected chi connectivity index (χ0v) is 27.0. The molecule has 268 valence electrons. The average molecular weight is 721 g/mol. The zero-order chi connectivity index (χ0) is 36.9. The molecule has 5 rings (SSSR count). The number of benzene rings is 5. The number of unbranched alkanes of at least 4 members (excludes halogenated alkanes) is 4. The molecule has 5 aromatic rings. The first-order valence-corrected chi connectivity index (χ1v) is 16.0. The van der Waals surface area contributed by atoms with E-state index in [1.807, 2.05) is 24.3 Å². The van der Waals surface area contributed by atoms with Gasteiger partial charge in [0, 0.05) is 17.2 Å². The Morgan fingerprint density at radius 1 is 0.490 bits per heavy atom. The van der Waals surface area contributed by atoms with E-state index >= 15 is 22.0 Å². The van der Waals surface area contributed by atoms with Crippen molar-refractivity contribution < 1.29 is 53.4 Å². The SMILES string of the molecule is CCCCCCCc1ccc(-c2ccc(-c3cc(F)c(C(F)(F)Oc4ccc(-c5ccc(OC(F)(F)F)c(F)c5)c(F)c4)c(F)c3)c(F)c2)cc1. The molecule has 5 aromatic carbocycles. The van der Waals surface area contributed by atoms with Gasteiger partial charge in [-0.1, -0.05) is 75.1 Å². The highest BCUT2D eigenvalue weighted by Gasteiger charge is 2.41. The van der Waals surface area contributed by atoms with Crippen LogP contribution in [-0.2, 0) is 12.5 Å². The van der Waals surface area contributed by atoms with Crippen molar-refractivity contribution in [3.63, 3.8) is 0 Å². The van der Waals surface area contributed by atoms with Crippen molar-refractivity contribution in [1.82, 2.24) is 0 Å². The maximum absolute atomic E-state index is 15.2. The summed E-state index contributed by atoms with van der Waals surface area (Å²) in [5.74, 6) is -9.19. The van der Waals surface area contributed by atoms with E-state index in [-0.39, 0.29) is 16.7 Å². The van der Waals surface area contributed by atoms with Crippen LogP contribution in [0.15, 0.2) is 91.0 Å². The minimum atomic E-state index is -5.18. The van der Waals surface area contributed by atoms with E-state index < -0.39 is 64.2 Å². The van der Waals surface area contributed by atoms with Gasteiger partial charge in [-0.25, -0.2) is 22.0 Å². The van der Waals surface area contributed by atoms with Crippen LogP contribution in [0.2, 0.25) is 0 Å². The van der Waals surface area contributed by atoms with Crippen molar-refractivity contribution >= 4 is 0 Å². The minimum Gasteiger partial charge on any atom is -0.429 e. The summed E-state index contributed by atoms with van der Waals surface area (Å²) < 4.78 is 150. The van der Waals surface area contributed by atoms with Crippen LogP contribution in [0.3, 0.4) is 0 Å². The van der Waals surface area contributed by atoms with Gasteiger partial charge in [-0.3, -0.25) is 0 Å². The predicted octanol–water partition coefficient (Wildman–Crippen LogP) is 12.9. The molecule has 12 heteroatoms. The third kappa shape index (κ3) is 9.22. The molecule has 0 aromatic heterocycles. The molecular weight excluding hydrogens is 690 g/mol. The van der Waals surface area contributed by atoms with Crippen LogP contribution in [0, 0.1) is 29.1 Å². The molecule has 0 unspecified atom stereocenters. The second-order valence-corrected chi connectivity index (χ2v) is 11.8. The number of hydrogen-bond acceptors (Lipinski definition) is 2. The number of hydrogen-bond donors (Lipinski definition) is 0. The Bertz CT molecular complexity index is 1970. The zero-order valence-electron chi connectivity index (χ0n) is 27.0. The molecule has 2 nitrogen and oxygen atoms in total. The summed E-state index contributed by atoms with van der Waals surface area (Å²) in [6.45, 7) is 2.15. The van der Waals surface area contributed by atoms with Gasteiger partial charge in [0.05, 0.1) is 0 Å². The van der Waals surface area contributed by atoms with Gasteiger partial charge in [0.15, 0.2) is 11.6 Å². The molecule has 0 aliphatic heterocycles. The van der Waals surface area contributed by atoms with Gasteiger partial charge in [-0.2, -0.15) is 8.78 Å². The molecule has 0 saturated heterocycles. The third-order valence-corrected chi connectivity index (χ3v) is 8.12. The molecule has 0 aliphatic rings. The molecule has 0 amide bonds. The highest BCUT2D eigenvalue weighted by atomic mass is 19.4. The van der Waals surface area contributed by atoms with Crippen molar-refractivity contribution in [2.75, 3.05) is 0 Å². The van der Waals surface area contributed by atoms with Crippen LogP contribution in [0.25, 0.3) is 33.4 Å². The van der Waals surface area contributed by atoms with Crippen LogP contribution in [0.5, 0.6) is 11.5 Å². The molecule has 0 radical (unpaired) electrons. The Morgan fingerprint density at radius 3 is 1.65 bits per heavy atom. The van der Waals surface area contributed by atoms with Gasteiger partial charge in [0.1, 0.15) is 34.6 Å². The summed E-state index contributed by atoms with van der Waals surface area (Å²) in [6, 6.07) is 16.7. The molecule has 51 heavy (non-hydrogen) atoms. The second-order valence-electron chi connectivity index (χ2n) is 11.8. The summed E-state index contributed by atoms with van der Waals surface area (Å²) in [4.78, 5) is 0. The maximum Gasteiger partial charge on any atom is 0.573 e. The first-order valence-electron chi connectivity index (χ1n) is 16.0. The number of alkyl halides is 5. The normalized spacial score (nSPS) is 11.9. The molecule has 0 atom stereocenters. The second kappa shape index (κ2) is 15.5. The molecule has 0 saturated carbocycles. The fourth-order valence-electron chi connectivity index (χ4n) is 5.60. The lowest BCUT2D eigenvalue weighted by molar-refractivity contribution is -0.275. The van der Waals surface area contributed by atoms with Crippen LogP contribution < -0.4 is 9.47 Å². The van der Waals surface area contributed by atoms with E-state index in [0.29, 0.717) is 41.5 Å². The van der Waals surface area contributed by atoms with Crippen LogP contribution >= 0.6 is 0 Å². The molecule has 0 fully saturated rings. The minimum absolute atomic E-state index is 0.247. The van der Waals surface area contributed by atoms with Gasteiger partial charge in [0.25, 0.3) is 0 Å². The number of halogens is 10. The summed E-state index contributed by atoms with van der Waals surface area (Å²) in [5, 5.41) is 0. The van der Waals surface area contributed by atoms with Crippen molar-refractivity contribution in [2.24, 2.45) is 0 Å². The van der Waals surface area contributed by atoms with Gasteiger partial charge in [0.2, 0.25) is 0 Å². The van der Waals surface area contributed by atoms with E-state index in [1.54, 1.807) is 0 Å². The number of ether oxygens (including phenoxy) is 2.